The van der Waals surface area contributed by atoms with Gasteiger partial charge in [-0.3, -0.25) is 4.79 Å². The number of halogens is 2. The van der Waals surface area contributed by atoms with Crippen molar-refractivity contribution in [2.24, 2.45) is 5.16 Å². The number of oxime groups is 1. The summed E-state index contributed by atoms with van der Waals surface area (Å²) in [5.74, 6) is -1.31. The highest BCUT2D eigenvalue weighted by atomic mass is 19.1. The molecule has 1 unspecified atom stereocenters. The monoisotopic (exact) mass is 356 g/mol. The summed E-state index contributed by atoms with van der Waals surface area (Å²) in [7, 11) is 0. The summed E-state index contributed by atoms with van der Waals surface area (Å²) in [6.07, 6.45) is 0.950. The fraction of sp³-hybridized carbons (Fsp3) is 0.300. The maximum Gasteiger partial charge on any atom is 0.226 e. The number of benzene rings is 2. The lowest BCUT2D eigenvalue weighted by Gasteiger charge is -2.29. The highest BCUT2D eigenvalue weighted by molar-refractivity contribution is 6.01. The van der Waals surface area contributed by atoms with Gasteiger partial charge in [0.2, 0.25) is 5.91 Å². The number of hydrogen-bond acceptors (Lipinski definition) is 3. The van der Waals surface area contributed by atoms with E-state index in [9.17, 15) is 13.6 Å². The molecule has 0 aliphatic carbocycles. The van der Waals surface area contributed by atoms with E-state index in [2.05, 4.69) is 11.2 Å². The third kappa shape index (κ3) is 3.31. The molecule has 134 valence electrons. The van der Waals surface area contributed by atoms with Crippen molar-refractivity contribution in [1.29, 1.82) is 0 Å². The normalized spacial score (nSPS) is 18.9. The quantitative estimate of drug-likeness (QED) is 0.846. The van der Waals surface area contributed by atoms with Crippen LogP contribution in [0.5, 0.6) is 0 Å². The lowest BCUT2D eigenvalue weighted by Crippen LogP contribution is -2.37. The van der Waals surface area contributed by atoms with Gasteiger partial charge in [0.25, 0.3) is 0 Å². The molecule has 2 heterocycles. The second-order valence-corrected chi connectivity index (χ2v) is 6.63. The Morgan fingerprint density at radius 2 is 2.00 bits per heavy atom. The van der Waals surface area contributed by atoms with Gasteiger partial charge < -0.3 is 9.74 Å². The zero-order valence-electron chi connectivity index (χ0n) is 14.1. The predicted molar refractivity (Wildman–Crippen MR) is 92.6 cm³/mol. The Hall–Kier alpha value is -2.76. The van der Waals surface area contributed by atoms with Crippen molar-refractivity contribution in [1.82, 2.24) is 4.90 Å². The summed E-state index contributed by atoms with van der Waals surface area (Å²) >= 11 is 0. The van der Waals surface area contributed by atoms with Crippen LogP contribution in [0.25, 0.3) is 0 Å². The van der Waals surface area contributed by atoms with Gasteiger partial charge in [-0.25, -0.2) is 8.78 Å². The van der Waals surface area contributed by atoms with Gasteiger partial charge >= 0.3 is 0 Å². The molecular weight excluding hydrogens is 338 g/mol. The van der Waals surface area contributed by atoms with Crippen molar-refractivity contribution in [3.05, 3.63) is 70.8 Å². The average molecular weight is 356 g/mol. The number of hydrogen-bond donors (Lipinski definition) is 0. The molecule has 6 heteroatoms. The van der Waals surface area contributed by atoms with Gasteiger partial charge in [-0.2, -0.15) is 0 Å². The molecule has 0 aromatic heterocycles. The first-order valence-electron chi connectivity index (χ1n) is 8.63. The molecule has 0 saturated carbocycles. The lowest BCUT2D eigenvalue weighted by atomic mass is 9.98. The Kier molecular flexibility index (Phi) is 4.41. The molecule has 0 fully saturated rings. The summed E-state index contributed by atoms with van der Waals surface area (Å²) < 4.78 is 26.9. The van der Waals surface area contributed by atoms with Gasteiger partial charge in [0.05, 0.1) is 12.1 Å². The minimum atomic E-state index is -0.674. The Morgan fingerprint density at radius 1 is 1.19 bits per heavy atom. The van der Waals surface area contributed by atoms with Crippen LogP contribution in [0.2, 0.25) is 0 Å². The molecule has 2 aliphatic heterocycles. The number of amides is 1. The Morgan fingerprint density at radius 3 is 2.81 bits per heavy atom. The van der Waals surface area contributed by atoms with Gasteiger partial charge in [0.1, 0.15) is 17.7 Å². The van der Waals surface area contributed by atoms with Gasteiger partial charge in [0, 0.05) is 31.1 Å². The standard InChI is InChI=1S/C20H18F2N2O2/c21-15-5-6-17(18(22)9-15)19-10-16(26-23-19)11-20(25)24-8-7-13-3-1-2-4-14(13)12-24/h1-6,9,16H,7-8,10-12H2. The molecule has 1 amide bonds. The van der Waals surface area contributed by atoms with Crippen molar-refractivity contribution < 1.29 is 18.4 Å². The topological polar surface area (TPSA) is 41.9 Å². The Balaban J connectivity index is 1.37. The van der Waals surface area contributed by atoms with E-state index in [1.54, 1.807) is 0 Å². The molecule has 0 N–H and O–H groups in total. The van der Waals surface area contributed by atoms with E-state index in [0.717, 1.165) is 12.5 Å². The number of nitrogens with zero attached hydrogens (tertiary/aromatic N) is 2. The van der Waals surface area contributed by atoms with E-state index in [0.29, 0.717) is 25.2 Å². The van der Waals surface area contributed by atoms with E-state index in [1.165, 1.54) is 23.3 Å². The van der Waals surface area contributed by atoms with Crippen LogP contribution in [0, 0.1) is 11.6 Å². The zero-order chi connectivity index (χ0) is 18.1. The molecule has 0 spiro atoms. The van der Waals surface area contributed by atoms with Crippen molar-refractivity contribution in [2.45, 2.75) is 31.9 Å². The first-order valence-corrected chi connectivity index (χ1v) is 8.63. The van der Waals surface area contributed by atoms with Gasteiger partial charge in [-0.15, -0.1) is 0 Å². The van der Waals surface area contributed by atoms with Crippen molar-refractivity contribution >= 4 is 11.6 Å². The number of fused-ring (bicyclic) bond motifs is 1. The molecule has 2 aromatic carbocycles. The molecule has 0 radical (unpaired) electrons. The first kappa shape index (κ1) is 16.7. The van der Waals surface area contributed by atoms with Crippen LogP contribution in [-0.4, -0.2) is 29.2 Å². The minimum Gasteiger partial charge on any atom is -0.391 e. The molecule has 1 atom stereocenters. The summed E-state index contributed by atoms with van der Waals surface area (Å²) in [6.45, 7) is 1.28. The van der Waals surface area contributed by atoms with Crippen molar-refractivity contribution in [3.63, 3.8) is 0 Å². The van der Waals surface area contributed by atoms with Crippen LogP contribution in [-0.2, 0) is 22.6 Å². The molecule has 4 nitrogen and oxygen atoms in total. The maximum atomic E-state index is 13.9. The number of carbonyl (C=O) groups excluding carboxylic acids is 1. The molecular formula is C20H18F2N2O2. The second kappa shape index (κ2) is 6.86. The maximum absolute atomic E-state index is 13.9. The summed E-state index contributed by atoms with van der Waals surface area (Å²) in [5.41, 5.74) is 3.08. The minimum absolute atomic E-state index is 0.000492. The largest absolute Gasteiger partial charge is 0.391 e. The fourth-order valence-electron chi connectivity index (χ4n) is 3.45. The lowest BCUT2D eigenvalue weighted by molar-refractivity contribution is -0.134. The summed E-state index contributed by atoms with van der Waals surface area (Å²) in [5, 5.41) is 3.90. The van der Waals surface area contributed by atoms with E-state index >= 15 is 0 Å². The van der Waals surface area contributed by atoms with E-state index in [1.807, 2.05) is 23.1 Å². The average Bonchev–Trinajstić information content (AvgIpc) is 3.09. The highest BCUT2D eigenvalue weighted by Crippen LogP contribution is 2.24. The third-order valence-corrected chi connectivity index (χ3v) is 4.86. The summed E-state index contributed by atoms with van der Waals surface area (Å²) in [4.78, 5) is 19.7. The van der Waals surface area contributed by atoms with Gasteiger partial charge in [-0.05, 0) is 29.7 Å². The zero-order valence-corrected chi connectivity index (χ0v) is 14.1. The smallest absolute Gasteiger partial charge is 0.226 e. The summed E-state index contributed by atoms with van der Waals surface area (Å²) in [6, 6.07) is 11.5. The molecule has 2 aliphatic rings. The van der Waals surface area contributed by atoms with Crippen LogP contribution in [0.1, 0.15) is 29.5 Å². The molecule has 2 aromatic rings. The Bertz CT molecular complexity index is 882. The van der Waals surface area contributed by atoms with Crippen LogP contribution < -0.4 is 0 Å². The molecule has 0 bridgehead atoms. The molecule has 26 heavy (non-hydrogen) atoms. The van der Waals surface area contributed by atoms with Crippen LogP contribution in [0.3, 0.4) is 0 Å². The number of carbonyl (C=O) groups is 1. The highest BCUT2D eigenvalue weighted by Gasteiger charge is 2.29. The van der Waals surface area contributed by atoms with Gasteiger partial charge in [0.15, 0.2) is 0 Å². The van der Waals surface area contributed by atoms with Crippen molar-refractivity contribution in [3.8, 4) is 0 Å². The van der Waals surface area contributed by atoms with Crippen molar-refractivity contribution in [2.75, 3.05) is 6.54 Å². The second-order valence-electron chi connectivity index (χ2n) is 6.63. The van der Waals surface area contributed by atoms with E-state index in [4.69, 9.17) is 4.84 Å². The fourth-order valence-corrected chi connectivity index (χ4v) is 3.45. The van der Waals surface area contributed by atoms with Crippen LogP contribution >= 0.6 is 0 Å². The van der Waals surface area contributed by atoms with E-state index < -0.39 is 17.7 Å². The molecule has 0 saturated heterocycles. The van der Waals surface area contributed by atoms with Crippen LogP contribution in [0.4, 0.5) is 8.78 Å². The van der Waals surface area contributed by atoms with Crippen LogP contribution in [0.15, 0.2) is 47.6 Å². The first-order chi connectivity index (χ1) is 12.6. The SMILES string of the molecule is O=C(CC1CC(c2ccc(F)cc2F)=NO1)N1CCc2ccccc2C1. The predicted octanol–water partition coefficient (Wildman–Crippen LogP) is 3.43. The Labute approximate surface area is 150 Å². The number of rotatable bonds is 3. The molecule has 4 rings (SSSR count). The van der Waals surface area contributed by atoms with E-state index in [-0.39, 0.29) is 17.9 Å². The third-order valence-electron chi connectivity index (χ3n) is 4.86. The van der Waals surface area contributed by atoms with Gasteiger partial charge in [-0.1, -0.05) is 29.4 Å².